The van der Waals surface area contributed by atoms with Crippen LogP contribution in [0.2, 0.25) is 0 Å². The van der Waals surface area contributed by atoms with Gasteiger partial charge in [-0.3, -0.25) is 4.79 Å². The number of fused-ring (bicyclic) bond motifs is 1. The zero-order valence-corrected chi connectivity index (χ0v) is 14.7. The van der Waals surface area contributed by atoms with Gasteiger partial charge in [0.15, 0.2) is 18.0 Å². The second-order valence-corrected chi connectivity index (χ2v) is 6.63. The number of hydrogen-bond acceptors (Lipinski definition) is 3. The number of anilines is 1. The van der Waals surface area contributed by atoms with E-state index < -0.39 is 0 Å². The van der Waals surface area contributed by atoms with Gasteiger partial charge in [-0.05, 0) is 29.3 Å². The van der Waals surface area contributed by atoms with Gasteiger partial charge < -0.3 is 19.7 Å². The van der Waals surface area contributed by atoms with Crippen molar-refractivity contribution >= 4 is 17.2 Å². The predicted octanol–water partition coefficient (Wildman–Crippen LogP) is 1.77. The molecule has 26 heavy (non-hydrogen) atoms. The second-order valence-electron chi connectivity index (χ2n) is 6.63. The first-order valence-corrected chi connectivity index (χ1v) is 9.05. The molecule has 2 aliphatic heterocycles. The normalized spacial score (nSPS) is 18.8. The standard InChI is InChI=1S/C21H22N2O3/c24-21(22-18-6-7-19-20(14-18)26-13-12-25-19)15-23-10-8-17(9-11-23)16-4-2-1-3-5-16/h1-8,14H,9-13,15H2,(H,22,24)/p+1. The second kappa shape index (κ2) is 7.62. The number of nitrogens with one attached hydrogen (secondary N) is 2. The molecule has 2 aromatic carbocycles. The summed E-state index contributed by atoms with van der Waals surface area (Å²) in [7, 11) is 0. The Morgan fingerprint density at radius 3 is 2.62 bits per heavy atom. The van der Waals surface area contributed by atoms with E-state index in [1.165, 1.54) is 16.0 Å². The number of amides is 1. The summed E-state index contributed by atoms with van der Waals surface area (Å²) < 4.78 is 11.1. The van der Waals surface area contributed by atoms with Crippen LogP contribution >= 0.6 is 0 Å². The van der Waals surface area contributed by atoms with Crippen LogP contribution in [0.4, 0.5) is 5.69 Å². The number of benzene rings is 2. The predicted molar refractivity (Wildman–Crippen MR) is 101 cm³/mol. The highest BCUT2D eigenvalue weighted by Gasteiger charge is 2.19. The molecule has 2 N–H and O–H groups in total. The molecule has 0 aliphatic carbocycles. The highest BCUT2D eigenvalue weighted by atomic mass is 16.6. The van der Waals surface area contributed by atoms with Crippen molar-refractivity contribution in [3.63, 3.8) is 0 Å². The lowest BCUT2D eigenvalue weighted by atomic mass is 10.00. The minimum absolute atomic E-state index is 0.0215. The Balaban J connectivity index is 1.32. The molecule has 4 rings (SSSR count). The average molecular weight is 351 g/mol. The largest absolute Gasteiger partial charge is 0.486 e. The molecule has 0 spiro atoms. The quantitative estimate of drug-likeness (QED) is 0.883. The van der Waals surface area contributed by atoms with Gasteiger partial charge in [0.25, 0.3) is 5.91 Å². The highest BCUT2D eigenvalue weighted by Crippen LogP contribution is 2.32. The highest BCUT2D eigenvalue weighted by molar-refractivity contribution is 5.91. The van der Waals surface area contributed by atoms with E-state index in [4.69, 9.17) is 9.47 Å². The third-order valence-electron chi connectivity index (χ3n) is 4.77. The Kier molecular flexibility index (Phi) is 4.88. The summed E-state index contributed by atoms with van der Waals surface area (Å²) in [4.78, 5) is 13.7. The maximum absolute atomic E-state index is 12.4. The SMILES string of the molecule is O=C(C[NH+]1CC=C(c2ccccc2)CC1)Nc1ccc2c(c1)OCCO2. The Labute approximate surface area is 153 Å². The summed E-state index contributed by atoms with van der Waals surface area (Å²) in [6.07, 6.45) is 3.25. The van der Waals surface area contributed by atoms with E-state index in [1.807, 2.05) is 24.3 Å². The molecule has 0 aromatic heterocycles. The van der Waals surface area contributed by atoms with Crippen molar-refractivity contribution in [1.82, 2.24) is 0 Å². The van der Waals surface area contributed by atoms with E-state index in [1.54, 1.807) is 0 Å². The van der Waals surface area contributed by atoms with E-state index in [-0.39, 0.29) is 5.91 Å². The fraction of sp³-hybridized carbons (Fsp3) is 0.286. The van der Waals surface area contributed by atoms with Crippen LogP contribution in [-0.2, 0) is 4.79 Å². The van der Waals surface area contributed by atoms with Crippen LogP contribution in [-0.4, -0.2) is 38.8 Å². The Hall–Kier alpha value is -2.79. The molecule has 134 valence electrons. The molecule has 2 aliphatic rings. The third kappa shape index (κ3) is 3.89. The van der Waals surface area contributed by atoms with Gasteiger partial charge in [0.05, 0.1) is 13.1 Å². The van der Waals surface area contributed by atoms with Crippen molar-refractivity contribution in [3.8, 4) is 11.5 Å². The van der Waals surface area contributed by atoms with Crippen LogP contribution in [0.5, 0.6) is 11.5 Å². The number of ether oxygens (including phenoxy) is 2. The molecule has 0 bridgehead atoms. The lowest BCUT2D eigenvalue weighted by molar-refractivity contribution is -0.886. The summed E-state index contributed by atoms with van der Waals surface area (Å²) in [5.74, 6) is 1.44. The van der Waals surface area contributed by atoms with Crippen molar-refractivity contribution in [1.29, 1.82) is 0 Å². The van der Waals surface area contributed by atoms with E-state index >= 15 is 0 Å². The summed E-state index contributed by atoms with van der Waals surface area (Å²) >= 11 is 0. The Morgan fingerprint density at radius 2 is 1.85 bits per heavy atom. The molecule has 2 heterocycles. The molecular weight excluding hydrogens is 328 g/mol. The minimum atomic E-state index is 0.0215. The van der Waals surface area contributed by atoms with Gasteiger partial charge in [0, 0.05) is 18.2 Å². The monoisotopic (exact) mass is 351 g/mol. The summed E-state index contributed by atoms with van der Waals surface area (Å²) in [6.45, 7) is 3.41. The maximum Gasteiger partial charge on any atom is 0.279 e. The molecular formula is C21H23N2O3+. The van der Waals surface area contributed by atoms with Crippen molar-refractivity contribution in [3.05, 3.63) is 60.2 Å². The van der Waals surface area contributed by atoms with Gasteiger partial charge in [-0.2, -0.15) is 0 Å². The summed E-state index contributed by atoms with van der Waals surface area (Å²) in [5.41, 5.74) is 3.41. The maximum atomic E-state index is 12.4. The van der Waals surface area contributed by atoms with E-state index in [2.05, 4.69) is 35.7 Å². The molecule has 0 saturated heterocycles. The number of carbonyl (C=O) groups is 1. The zero-order valence-electron chi connectivity index (χ0n) is 14.7. The first kappa shape index (κ1) is 16.7. The molecule has 1 unspecified atom stereocenters. The van der Waals surface area contributed by atoms with Gasteiger partial charge in [-0.25, -0.2) is 0 Å². The van der Waals surface area contributed by atoms with Crippen LogP contribution in [0.3, 0.4) is 0 Å². The smallest absolute Gasteiger partial charge is 0.279 e. The molecule has 5 heteroatoms. The lowest BCUT2D eigenvalue weighted by Gasteiger charge is -2.23. The summed E-state index contributed by atoms with van der Waals surface area (Å²) in [5, 5.41) is 2.97. The van der Waals surface area contributed by atoms with Crippen LogP contribution in [0.25, 0.3) is 5.57 Å². The number of hydrogen-bond donors (Lipinski definition) is 2. The van der Waals surface area contributed by atoms with Gasteiger partial charge >= 0.3 is 0 Å². The molecule has 0 fully saturated rings. The number of rotatable bonds is 4. The molecule has 1 atom stereocenters. The fourth-order valence-corrected chi connectivity index (χ4v) is 3.41. The minimum Gasteiger partial charge on any atom is -0.486 e. The molecule has 0 saturated carbocycles. The zero-order chi connectivity index (χ0) is 17.8. The van der Waals surface area contributed by atoms with Crippen molar-refractivity contribution < 1.29 is 19.2 Å². The first-order valence-electron chi connectivity index (χ1n) is 9.05. The van der Waals surface area contributed by atoms with Gasteiger partial charge in [-0.1, -0.05) is 30.3 Å². The topological polar surface area (TPSA) is 52.0 Å². The van der Waals surface area contributed by atoms with E-state index in [0.717, 1.165) is 30.9 Å². The first-order chi connectivity index (χ1) is 12.8. The Bertz CT molecular complexity index is 817. The fourth-order valence-electron chi connectivity index (χ4n) is 3.41. The van der Waals surface area contributed by atoms with E-state index in [0.29, 0.717) is 25.5 Å². The summed E-state index contributed by atoms with van der Waals surface area (Å²) in [6, 6.07) is 16.0. The van der Waals surface area contributed by atoms with Crippen LogP contribution < -0.4 is 19.7 Å². The van der Waals surface area contributed by atoms with Crippen molar-refractivity contribution in [2.75, 3.05) is 38.2 Å². The third-order valence-corrected chi connectivity index (χ3v) is 4.77. The molecule has 2 aromatic rings. The van der Waals surface area contributed by atoms with Crippen LogP contribution in [0.15, 0.2) is 54.6 Å². The number of quaternary nitrogens is 1. The van der Waals surface area contributed by atoms with Gasteiger partial charge in [-0.15, -0.1) is 0 Å². The van der Waals surface area contributed by atoms with Crippen LogP contribution in [0, 0.1) is 0 Å². The van der Waals surface area contributed by atoms with Crippen molar-refractivity contribution in [2.24, 2.45) is 0 Å². The van der Waals surface area contributed by atoms with Crippen LogP contribution in [0.1, 0.15) is 12.0 Å². The molecule has 5 nitrogen and oxygen atoms in total. The van der Waals surface area contributed by atoms with Gasteiger partial charge in [0.1, 0.15) is 13.2 Å². The van der Waals surface area contributed by atoms with Gasteiger partial charge in [0.2, 0.25) is 0 Å². The molecule has 1 amide bonds. The number of carbonyl (C=O) groups excluding carboxylic acids is 1. The van der Waals surface area contributed by atoms with E-state index in [9.17, 15) is 4.79 Å². The Morgan fingerprint density at radius 1 is 1.04 bits per heavy atom. The molecule has 0 radical (unpaired) electrons. The average Bonchev–Trinajstić information content (AvgIpc) is 2.69. The van der Waals surface area contributed by atoms with Crippen molar-refractivity contribution in [2.45, 2.75) is 6.42 Å². The lowest BCUT2D eigenvalue weighted by Crippen LogP contribution is -3.13.